The Kier molecular flexibility index (Phi) is 10.7. The molecule has 27 heavy (non-hydrogen) atoms. The quantitative estimate of drug-likeness (QED) is 0.414. The molecular weight excluding hydrogens is 352 g/mol. The number of halogens is 4. The first-order valence-electron chi connectivity index (χ1n) is 10.9. The Morgan fingerprint density at radius 2 is 1.07 bits per heavy atom. The van der Waals surface area contributed by atoms with Gasteiger partial charge in [-0.3, -0.25) is 0 Å². The highest BCUT2D eigenvalue weighted by molar-refractivity contribution is 4.82. The summed E-state index contributed by atoms with van der Waals surface area (Å²) in [6.07, 6.45) is 11.8. The largest absolute Gasteiger partial charge is 0.278 e. The average molecular weight is 401 g/mol. The molecule has 3 aliphatic rings. The van der Waals surface area contributed by atoms with Crippen LogP contribution in [0.4, 0.5) is 17.6 Å². The first-order chi connectivity index (χ1) is 12.3. The Morgan fingerprint density at radius 1 is 0.704 bits per heavy atom. The van der Waals surface area contributed by atoms with E-state index in [1.165, 1.54) is 38.5 Å². The van der Waals surface area contributed by atoms with Crippen LogP contribution >= 0.6 is 0 Å². The summed E-state index contributed by atoms with van der Waals surface area (Å²) in [5.74, 6) is -0.479. The van der Waals surface area contributed by atoms with Crippen molar-refractivity contribution in [2.45, 2.75) is 110 Å². The molecule has 0 bridgehead atoms. The van der Waals surface area contributed by atoms with E-state index in [4.69, 9.17) is 0 Å². The molecule has 0 unspecified atom stereocenters. The zero-order valence-electron chi connectivity index (χ0n) is 16.7. The minimum atomic E-state index is -3.07. The van der Waals surface area contributed by atoms with Crippen LogP contribution in [0.5, 0.6) is 0 Å². The predicted octanol–water partition coefficient (Wildman–Crippen LogP) is 9.13. The fourth-order valence-electron chi connectivity index (χ4n) is 5.10. The van der Waals surface area contributed by atoms with E-state index in [1.807, 2.05) is 0 Å². The maximum Gasteiger partial charge on any atom is 0.278 e. The van der Waals surface area contributed by atoms with Gasteiger partial charge in [0, 0.05) is 10.2 Å². The molecule has 4 heteroatoms. The van der Waals surface area contributed by atoms with Crippen LogP contribution in [0.1, 0.15) is 103 Å². The van der Waals surface area contributed by atoms with Crippen molar-refractivity contribution in [3.05, 3.63) is 0 Å². The highest BCUT2D eigenvalue weighted by Crippen LogP contribution is 2.40. The molecule has 3 saturated carbocycles. The highest BCUT2D eigenvalue weighted by atomic mass is 19.3. The molecule has 0 aromatic carbocycles. The van der Waals surface area contributed by atoms with Crippen molar-refractivity contribution < 1.29 is 21.8 Å². The molecule has 3 fully saturated rings. The first kappa shape index (κ1) is 24.8. The zero-order valence-corrected chi connectivity index (χ0v) is 16.7. The van der Waals surface area contributed by atoms with Gasteiger partial charge in [0.15, 0.2) is 6.67 Å². The second kappa shape index (κ2) is 11.7. The van der Waals surface area contributed by atoms with E-state index in [0.717, 1.165) is 43.4 Å². The van der Waals surface area contributed by atoms with Crippen LogP contribution < -0.4 is 0 Å². The van der Waals surface area contributed by atoms with Gasteiger partial charge in [-0.1, -0.05) is 47.0 Å². The van der Waals surface area contributed by atoms with Crippen LogP contribution in [0.3, 0.4) is 0 Å². The molecule has 0 saturated heterocycles. The zero-order chi connectivity index (χ0) is 19.2. The van der Waals surface area contributed by atoms with Gasteiger partial charge in [-0.15, -0.1) is 0 Å². The summed E-state index contributed by atoms with van der Waals surface area (Å²) < 4.78 is 50.5. The van der Waals surface area contributed by atoms with Crippen molar-refractivity contribution in [1.29, 1.82) is 0 Å². The minimum Gasteiger partial charge on any atom is -0.247 e. The van der Waals surface area contributed by atoms with Gasteiger partial charge in [0.2, 0.25) is 0 Å². The normalized spacial score (nSPS) is 37.6. The van der Waals surface area contributed by atoms with E-state index < -0.39 is 24.7 Å². The second-order valence-corrected chi connectivity index (χ2v) is 9.38. The number of hydrogen-bond acceptors (Lipinski definition) is 0. The molecular formula is C23H48F4. The lowest BCUT2D eigenvalue weighted by Gasteiger charge is -2.35. The van der Waals surface area contributed by atoms with Crippen LogP contribution in [-0.2, 0) is 0 Å². The summed E-state index contributed by atoms with van der Waals surface area (Å²) in [6, 6.07) is 0. The van der Waals surface area contributed by atoms with Gasteiger partial charge >= 0.3 is 0 Å². The van der Waals surface area contributed by atoms with Crippen molar-refractivity contribution in [1.82, 2.24) is 0 Å². The van der Waals surface area contributed by atoms with Crippen molar-refractivity contribution in [3.8, 4) is 0 Å². The maximum atomic E-state index is 13.0. The van der Waals surface area contributed by atoms with E-state index in [-0.39, 0.29) is 11.7 Å². The summed E-state index contributed by atoms with van der Waals surface area (Å²) in [5, 5.41) is 0. The van der Waals surface area contributed by atoms with Gasteiger partial charge in [-0.2, -0.15) is 0 Å². The maximum absolute atomic E-state index is 13.0. The first-order valence-corrected chi connectivity index (χ1v) is 10.9. The molecule has 0 amide bonds. The molecule has 0 N–H and O–H groups in total. The lowest BCUT2D eigenvalue weighted by Crippen LogP contribution is -2.33. The second-order valence-electron chi connectivity index (χ2n) is 9.38. The Hall–Kier alpha value is -0.280. The summed E-state index contributed by atoms with van der Waals surface area (Å²) in [5.41, 5.74) is 0. The number of rotatable bonds is 3. The van der Waals surface area contributed by atoms with E-state index in [2.05, 4.69) is 13.8 Å². The van der Waals surface area contributed by atoms with Gasteiger partial charge in [0.1, 0.15) is 6.17 Å². The highest BCUT2D eigenvalue weighted by Gasteiger charge is 2.40. The third-order valence-electron chi connectivity index (χ3n) is 7.22. The van der Waals surface area contributed by atoms with Crippen LogP contribution in [0.2, 0.25) is 0 Å². The van der Waals surface area contributed by atoms with Crippen LogP contribution in [0, 0.1) is 29.6 Å². The molecule has 0 aliphatic heterocycles. The van der Waals surface area contributed by atoms with Crippen molar-refractivity contribution in [3.63, 3.8) is 0 Å². The third kappa shape index (κ3) is 7.93. The lowest BCUT2D eigenvalue weighted by molar-refractivity contribution is -0.0901. The van der Waals surface area contributed by atoms with E-state index in [1.54, 1.807) is 0 Å². The molecule has 0 aromatic heterocycles. The fourth-order valence-corrected chi connectivity index (χ4v) is 5.10. The van der Waals surface area contributed by atoms with Gasteiger partial charge in [0.05, 0.1) is 0 Å². The van der Waals surface area contributed by atoms with Gasteiger partial charge in [-0.25, -0.2) is 17.6 Å². The van der Waals surface area contributed by atoms with Gasteiger partial charge in [-0.05, 0) is 75.0 Å². The molecule has 0 aromatic rings. The molecule has 3 rings (SSSR count). The molecule has 0 spiro atoms. The molecule has 3 aliphatic carbocycles. The number of hydrogen-bond donors (Lipinski definition) is 0. The summed E-state index contributed by atoms with van der Waals surface area (Å²) >= 11 is 0. The van der Waals surface area contributed by atoms with Crippen molar-refractivity contribution >= 4 is 0 Å². The fraction of sp³-hybridized carbons (Fsp3) is 1.00. The Balaban J connectivity index is -0.000000433. The van der Waals surface area contributed by atoms with Crippen LogP contribution in [-0.4, -0.2) is 18.8 Å². The van der Waals surface area contributed by atoms with Crippen LogP contribution in [0.15, 0.2) is 0 Å². The Labute approximate surface area is 169 Å². The number of alkyl halides is 4. The van der Waals surface area contributed by atoms with Gasteiger partial charge < -0.3 is 0 Å². The molecule has 0 heterocycles. The SMILES string of the molecule is C.CC1CCC(C(F)(F)CF)CC1.CC1CCC(C2CCC(F)CC2)CC1.[HH].[HH].[HH]. The summed E-state index contributed by atoms with van der Waals surface area (Å²) in [4.78, 5) is 0. The predicted molar refractivity (Wildman–Crippen MR) is 113 cm³/mol. The van der Waals surface area contributed by atoms with E-state index in [9.17, 15) is 17.6 Å². The molecule has 0 radical (unpaired) electrons. The third-order valence-corrected chi connectivity index (χ3v) is 7.22. The molecule has 0 nitrogen and oxygen atoms in total. The summed E-state index contributed by atoms with van der Waals surface area (Å²) in [7, 11) is 0. The smallest absolute Gasteiger partial charge is 0.247 e. The van der Waals surface area contributed by atoms with Crippen LogP contribution in [0.25, 0.3) is 0 Å². The average Bonchev–Trinajstić information content (AvgIpc) is 2.64. The lowest BCUT2D eigenvalue weighted by atomic mass is 9.71. The Morgan fingerprint density at radius 3 is 1.48 bits per heavy atom. The standard InChI is InChI=1S/C13H23F.C9H15F3.CH4.3H2/c1-10-2-4-11(5-3-10)12-6-8-13(14)9-7-12;1-7-2-4-8(5-3-7)9(11,12)6-10;;;;/h10-13H,2-9H2,1H3;7-8H,2-6H2,1H3;1H4;3*1H. The van der Waals surface area contributed by atoms with Crippen molar-refractivity contribution in [2.75, 3.05) is 6.67 Å². The Bertz CT molecular complexity index is 368. The molecule has 168 valence electrons. The van der Waals surface area contributed by atoms with E-state index >= 15 is 0 Å². The monoisotopic (exact) mass is 400 g/mol. The molecule has 0 atom stereocenters. The topological polar surface area (TPSA) is 0 Å². The summed E-state index contributed by atoms with van der Waals surface area (Å²) in [6.45, 7) is 2.94. The van der Waals surface area contributed by atoms with E-state index in [0.29, 0.717) is 18.8 Å². The minimum absolute atomic E-state index is 0. The van der Waals surface area contributed by atoms with Crippen molar-refractivity contribution in [2.24, 2.45) is 29.6 Å². The van der Waals surface area contributed by atoms with Gasteiger partial charge in [0.25, 0.3) is 5.92 Å².